The molecule has 0 radical (unpaired) electrons. The second-order valence-electron chi connectivity index (χ2n) is 6.63. The van der Waals surface area contributed by atoms with E-state index in [4.69, 9.17) is 0 Å². The topological polar surface area (TPSA) is 90.2 Å². The van der Waals surface area contributed by atoms with E-state index in [1.807, 2.05) is 48.5 Å². The summed E-state index contributed by atoms with van der Waals surface area (Å²) in [5.41, 5.74) is 2.56. The Hall–Kier alpha value is -3.19. The van der Waals surface area contributed by atoms with Crippen molar-refractivity contribution < 1.29 is 17.9 Å². The van der Waals surface area contributed by atoms with Gasteiger partial charge in [0, 0.05) is 18.6 Å². The molecule has 34 heavy (non-hydrogen) atoms. The molecule has 0 aliphatic rings. The number of carbonyl (C=O) groups is 1. The number of hydrogen-bond acceptors (Lipinski definition) is 4. The molecule has 0 spiro atoms. The van der Waals surface area contributed by atoms with Gasteiger partial charge in [-0.05, 0) is 44.2 Å². The van der Waals surface area contributed by atoms with Gasteiger partial charge in [0.05, 0.1) is 16.1 Å². The maximum Gasteiger partial charge on any atom is 0.261 e. The van der Waals surface area contributed by atoms with Gasteiger partial charge in [-0.15, -0.1) is 0 Å². The predicted octanol–water partition coefficient (Wildman–Crippen LogP) is 6.36. The summed E-state index contributed by atoms with van der Waals surface area (Å²) in [4.78, 5) is 13.2. The molecular weight excluding hydrogens is 448 g/mol. The van der Waals surface area contributed by atoms with Gasteiger partial charge in [0.15, 0.2) is 6.20 Å². The minimum atomic E-state index is -3.87. The zero-order chi connectivity index (χ0) is 26.5. The van der Waals surface area contributed by atoms with Crippen molar-refractivity contribution >= 4 is 21.5 Å². The van der Waals surface area contributed by atoms with Crippen LogP contribution in [0.2, 0.25) is 0 Å². The van der Waals surface area contributed by atoms with E-state index in [2.05, 4.69) is 4.72 Å². The molecule has 3 aromatic rings. The molecule has 0 aliphatic heterocycles. The Balaban J connectivity index is 0.00000168. The Morgan fingerprint density at radius 2 is 1.32 bits per heavy atom. The van der Waals surface area contributed by atoms with Crippen molar-refractivity contribution in [1.29, 1.82) is 0 Å². The summed E-state index contributed by atoms with van der Waals surface area (Å²) in [6.07, 6.45) is 1.31. The Bertz CT molecular complexity index is 1160. The largest absolute Gasteiger partial charge is 0.618 e. The minimum Gasteiger partial charge on any atom is -0.618 e. The first-order valence-electron chi connectivity index (χ1n) is 11.6. The third kappa shape index (κ3) is 7.99. The monoisotopic (exact) mass is 486 g/mol. The minimum absolute atomic E-state index is 0.102. The van der Waals surface area contributed by atoms with Crippen molar-refractivity contribution in [3.05, 3.63) is 93.9 Å². The van der Waals surface area contributed by atoms with E-state index in [0.29, 0.717) is 4.73 Å². The molecule has 0 saturated carbocycles. The van der Waals surface area contributed by atoms with Crippen LogP contribution < -0.4 is 9.45 Å². The molecule has 0 atom stereocenters. The molecular formula is C27H38N2O4S. The SMILES string of the molecule is CC.CC.CC.Cc1ccc(S(=O)(=O)Nc2ccc(C)cc2C(=O)c2ccc[n+]([O-])c2C)cc1. The number of nitrogens with zero attached hydrogens (tertiary/aromatic N) is 1. The summed E-state index contributed by atoms with van der Waals surface area (Å²) in [5, 5.41) is 11.8. The molecule has 7 heteroatoms. The standard InChI is InChI=1S/C21H20N2O4S.3C2H6/c1-14-6-9-17(10-7-14)28(26,27)22-20-11-8-15(2)13-19(20)21(24)18-5-4-12-23(25)16(18)3;3*1-2/h4-13,22H,1-3H3;3*1-2H3. The van der Waals surface area contributed by atoms with Crippen LogP contribution in [0.3, 0.4) is 0 Å². The lowest BCUT2D eigenvalue weighted by atomic mass is 9.99. The number of sulfonamides is 1. The number of benzene rings is 2. The number of carbonyl (C=O) groups excluding carboxylic acids is 1. The van der Waals surface area contributed by atoms with E-state index in [0.717, 1.165) is 11.1 Å². The van der Waals surface area contributed by atoms with E-state index in [9.17, 15) is 18.4 Å². The fourth-order valence-electron chi connectivity index (χ4n) is 2.81. The van der Waals surface area contributed by atoms with Crippen LogP contribution in [0.4, 0.5) is 5.69 Å². The number of rotatable bonds is 5. The predicted molar refractivity (Wildman–Crippen MR) is 141 cm³/mol. The number of pyridine rings is 1. The number of aryl methyl sites for hydroxylation is 2. The lowest BCUT2D eigenvalue weighted by Gasteiger charge is -2.14. The highest BCUT2D eigenvalue weighted by Crippen LogP contribution is 2.25. The van der Waals surface area contributed by atoms with Crippen molar-refractivity contribution in [3.63, 3.8) is 0 Å². The van der Waals surface area contributed by atoms with E-state index in [-0.39, 0.29) is 27.4 Å². The van der Waals surface area contributed by atoms with E-state index >= 15 is 0 Å². The van der Waals surface area contributed by atoms with Gasteiger partial charge in [-0.25, -0.2) is 8.42 Å². The summed E-state index contributed by atoms with van der Waals surface area (Å²) >= 11 is 0. The molecule has 0 saturated heterocycles. The van der Waals surface area contributed by atoms with Gasteiger partial charge in [0.1, 0.15) is 0 Å². The van der Waals surface area contributed by atoms with Crippen LogP contribution in [-0.2, 0) is 10.0 Å². The average Bonchev–Trinajstić information content (AvgIpc) is 2.85. The van der Waals surface area contributed by atoms with Gasteiger partial charge in [-0.1, -0.05) is 70.9 Å². The molecule has 1 aromatic heterocycles. The first-order chi connectivity index (χ1) is 16.2. The smallest absolute Gasteiger partial charge is 0.261 e. The van der Waals surface area contributed by atoms with Gasteiger partial charge >= 0.3 is 0 Å². The van der Waals surface area contributed by atoms with Crippen LogP contribution >= 0.6 is 0 Å². The highest BCUT2D eigenvalue weighted by atomic mass is 32.2. The third-order valence-electron chi connectivity index (χ3n) is 4.44. The summed E-state index contributed by atoms with van der Waals surface area (Å²) in [5.74, 6) is -0.423. The first-order valence-corrected chi connectivity index (χ1v) is 13.1. The van der Waals surface area contributed by atoms with Gasteiger partial charge in [-0.2, -0.15) is 4.73 Å². The second-order valence-corrected chi connectivity index (χ2v) is 8.31. The van der Waals surface area contributed by atoms with Crippen molar-refractivity contribution in [2.75, 3.05) is 4.72 Å². The van der Waals surface area contributed by atoms with Crippen molar-refractivity contribution in [1.82, 2.24) is 0 Å². The first kappa shape index (κ1) is 30.8. The normalized spacial score (nSPS) is 9.79. The second kappa shape index (κ2) is 14.9. The van der Waals surface area contributed by atoms with E-state index in [1.165, 1.54) is 24.4 Å². The van der Waals surface area contributed by atoms with Crippen LogP contribution in [0.15, 0.2) is 65.7 Å². The fourth-order valence-corrected chi connectivity index (χ4v) is 3.89. The quantitative estimate of drug-likeness (QED) is 0.258. The van der Waals surface area contributed by atoms with Crippen molar-refractivity contribution in [3.8, 4) is 0 Å². The zero-order valence-electron chi connectivity index (χ0n) is 21.8. The summed E-state index contributed by atoms with van der Waals surface area (Å²) in [6.45, 7) is 17.2. The lowest BCUT2D eigenvalue weighted by Crippen LogP contribution is -2.31. The lowest BCUT2D eigenvalue weighted by molar-refractivity contribution is -0.612. The molecule has 3 rings (SSSR count). The Morgan fingerprint density at radius 3 is 1.88 bits per heavy atom. The Kier molecular flexibility index (Phi) is 13.5. The molecule has 186 valence electrons. The van der Waals surface area contributed by atoms with Crippen molar-refractivity contribution in [2.24, 2.45) is 0 Å². The summed E-state index contributed by atoms with van der Waals surface area (Å²) < 4.78 is 28.6. The number of anilines is 1. The summed E-state index contributed by atoms with van der Waals surface area (Å²) in [6, 6.07) is 14.3. The van der Waals surface area contributed by atoms with Crippen LogP contribution in [0.25, 0.3) is 0 Å². The van der Waals surface area contributed by atoms with Gasteiger partial charge in [0.2, 0.25) is 11.5 Å². The van der Waals surface area contributed by atoms with Crippen molar-refractivity contribution in [2.45, 2.75) is 67.2 Å². The Morgan fingerprint density at radius 1 is 0.794 bits per heavy atom. The zero-order valence-corrected chi connectivity index (χ0v) is 22.6. The number of hydrogen-bond donors (Lipinski definition) is 1. The van der Waals surface area contributed by atoms with Gasteiger partial charge < -0.3 is 5.21 Å². The third-order valence-corrected chi connectivity index (χ3v) is 5.83. The van der Waals surface area contributed by atoms with E-state index < -0.39 is 15.8 Å². The molecule has 1 N–H and O–H groups in total. The van der Waals surface area contributed by atoms with Gasteiger partial charge in [-0.3, -0.25) is 9.52 Å². The molecule has 6 nitrogen and oxygen atoms in total. The number of nitrogens with one attached hydrogen (secondary N) is 1. The average molecular weight is 487 g/mol. The fraction of sp³-hybridized carbons (Fsp3) is 0.333. The maximum atomic E-state index is 13.1. The number of aromatic nitrogens is 1. The van der Waals surface area contributed by atoms with E-state index in [1.54, 1.807) is 50.2 Å². The molecule has 2 aromatic carbocycles. The number of ketones is 1. The highest BCUT2D eigenvalue weighted by molar-refractivity contribution is 7.92. The maximum absolute atomic E-state index is 13.1. The molecule has 0 amide bonds. The van der Waals surface area contributed by atoms with Crippen LogP contribution in [-0.4, -0.2) is 14.2 Å². The summed E-state index contributed by atoms with van der Waals surface area (Å²) in [7, 11) is -3.87. The van der Waals surface area contributed by atoms with Crippen LogP contribution in [0.1, 0.15) is 74.3 Å². The molecule has 0 fully saturated rings. The van der Waals surface area contributed by atoms with Crippen LogP contribution in [0, 0.1) is 26.0 Å². The molecule has 1 heterocycles. The highest BCUT2D eigenvalue weighted by Gasteiger charge is 2.23. The van der Waals surface area contributed by atoms with Gasteiger partial charge in [0.25, 0.3) is 10.0 Å². The molecule has 0 unspecified atom stereocenters. The molecule has 0 bridgehead atoms. The van der Waals surface area contributed by atoms with Crippen LogP contribution in [0.5, 0.6) is 0 Å². The Labute approximate surface area is 205 Å². The molecule has 0 aliphatic carbocycles.